The number of benzene rings is 1. The number of Topliss-reactive ketones (excluding diaryl/α,β-unsaturated/α-hetero) is 1. The van der Waals surface area contributed by atoms with Crippen LogP contribution in [0.15, 0.2) is 28.5 Å². The summed E-state index contributed by atoms with van der Waals surface area (Å²) >= 11 is 1.12. The van der Waals surface area contributed by atoms with Crippen LogP contribution in [0, 0.1) is 0 Å². The minimum absolute atomic E-state index is 0.0851. The van der Waals surface area contributed by atoms with Crippen molar-refractivity contribution in [2.45, 2.75) is 43.5 Å². The number of carbonyl (C=O) groups excluding carboxylic acids is 2. The fraction of sp³-hybridized carbons (Fsp3) is 0.389. The van der Waals surface area contributed by atoms with Crippen LogP contribution >= 0.6 is 11.3 Å². The second-order valence-corrected chi connectivity index (χ2v) is 9.06. The minimum atomic E-state index is -3.84. The van der Waals surface area contributed by atoms with Crippen molar-refractivity contribution >= 4 is 38.2 Å². The molecule has 0 saturated heterocycles. The molecule has 150 valence electrons. The Hall–Kier alpha value is -2.30. The third kappa shape index (κ3) is 4.57. The number of amides is 1. The normalized spacial score (nSPS) is 14.8. The van der Waals surface area contributed by atoms with Gasteiger partial charge in [0.2, 0.25) is 10.0 Å². The summed E-state index contributed by atoms with van der Waals surface area (Å²) < 4.78 is 33.5. The standard InChI is InChI=1S/C18H21N3O5S2/c1-11(22)14-10-27-18(19-14)20-17(23)12-7-8-15(26-2)16(9-12)28(24,25)21-13-5-3-4-6-13/h7-10,13,21H,3-6H2,1-2H3,(H,19,20,23). The average Bonchev–Trinajstić information content (AvgIpc) is 3.32. The fourth-order valence-corrected chi connectivity index (χ4v) is 5.26. The molecule has 0 spiro atoms. The monoisotopic (exact) mass is 423 g/mol. The zero-order chi connectivity index (χ0) is 20.3. The molecule has 1 aromatic heterocycles. The predicted octanol–water partition coefficient (Wildman–Crippen LogP) is 2.83. The van der Waals surface area contributed by atoms with E-state index in [0.29, 0.717) is 0 Å². The molecule has 1 aromatic carbocycles. The van der Waals surface area contributed by atoms with Gasteiger partial charge in [0.05, 0.1) is 7.11 Å². The number of thiazole rings is 1. The minimum Gasteiger partial charge on any atom is -0.495 e. The topological polar surface area (TPSA) is 114 Å². The van der Waals surface area contributed by atoms with Gasteiger partial charge >= 0.3 is 0 Å². The van der Waals surface area contributed by atoms with E-state index in [0.717, 1.165) is 37.0 Å². The lowest BCUT2D eigenvalue weighted by Crippen LogP contribution is -2.33. The highest BCUT2D eigenvalue weighted by Gasteiger charge is 2.26. The number of carbonyl (C=O) groups is 2. The average molecular weight is 424 g/mol. The van der Waals surface area contributed by atoms with Crippen molar-refractivity contribution in [3.05, 3.63) is 34.8 Å². The maximum absolute atomic E-state index is 12.8. The molecular weight excluding hydrogens is 402 g/mol. The molecule has 0 atom stereocenters. The molecule has 2 aromatic rings. The van der Waals surface area contributed by atoms with Crippen molar-refractivity contribution in [2.24, 2.45) is 0 Å². The number of nitrogens with zero attached hydrogens (tertiary/aromatic N) is 1. The van der Waals surface area contributed by atoms with Crippen molar-refractivity contribution in [1.29, 1.82) is 0 Å². The van der Waals surface area contributed by atoms with Gasteiger partial charge in [-0.15, -0.1) is 11.3 Å². The Labute approximate surface area is 167 Å². The SMILES string of the molecule is COc1ccc(C(=O)Nc2nc(C(C)=O)cs2)cc1S(=O)(=O)NC1CCCC1. The first-order chi connectivity index (χ1) is 13.3. The van der Waals surface area contributed by atoms with Crippen LogP contribution < -0.4 is 14.8 Å². The van der Waals surface area contributed by atoms with Gasteiger partial charge in [-0.2, -0.15) is 0 Å². The van der Waals surface area contributed by atoms with E-state index in [1.54, 1.807) is 5.38 Å². The van der Waals surface area contributed by atoms with Crippen LogP contribution in [0.5, 0.6) is 5.75 Å². The van der Waals surface area contributed by atoms with Crippen LogP contribution in [-0.2, 0) is 10.0 Å². The highest BCUT2D eigenvalue weighted by atomic mass is 32.2. The fourth-order valence-electron chi connectivity index (χ4n) is 3.02. The molecule has 1 fully saturated rings. The van der Waals surface area contributed by atoms with E-state index in [9.17, 15) is 18.0 Å². The molecule has 3 rings (SSSR count). The van der Waals surface area contributed by atoms with E-state index < -0.39 is 15.9 Å². The molecular formula is C18H21N3O5S2. The second-order valence-electron chi connectivity index (χ2n) is 6.52. The van der Waals surface area contributed by atoms with Crippen LogP contribution in [0.25, 0.3) is 0 Å². The number of anilines is 1. The van der Waals surface area contributed by atoms with Crippen LogP contribution in [0.2, 0.25) is 0 Å². The predicted molar refractivity (Wildman–Crippen MR) is 106 cm³/mol. The molecule has 0 bridgehead atoms. The van der Waals surface area contributed by atoms with Gasteiger partial charge < -0.3 is 4.74 Å². The van der Waals surface area contributed by atoms with Gasteiger partial charge in [0.25, 0.3) is 5.91 Å². The van der Waals surface area contributed by atoms with Crippen molar-refractivity contribution < 1.29 is 22.7 Å². The zero-order valence-corrected chi connectivity index (χ0v) is 17.2. The molecule has 2 N–H and O–H groups in total. The number of sulfonamides is 1. The lowest BCUT2D eigenvalue weighted by molar-refractivity contribution is 0.100. The largest absolute Gasteiger partial charge is 0.495 e. The maximum Gasteiger partial charge on any atom is 0.257 e. The summed E-state index contributed by atoms with van der Waals surface area (Å²) in [4.78, 5) is 27.8. The van der Waals surface area contributed by atoms with E-state index in [4.69, 9.17) is 4.74 Å². The van der Waals surface area contributed by atoms with Gasteiger partial charge in [-0.1, -0.05) is 12.8 Å². The van der Waals surface area contributed by atoms with Crippen LogP contribution in [-0.4, -0.2) is 38.2 Å². The first-order valence-corrected chi connectivity index (χ1v) is 11.1. The zero-order valence-electron chi connectivity index (χ0n) is 15.5. The Kier molecular flexibility index (Phi) is 6.11. The number of hydrogen-bond donors (Lipinski definition) is 2. The van der Waals surface area contributed by atoms with E-state index in [2.05, 4.69) is 15.0 Å². The number of rotatable bonds is 7. The lowest BCUT2D eigenvalue weighted by Gasteiger charge is -2.15. The maximum atomic E-state index is 12.8. The van der Waals surface area contributed by atoms with Gasteiger partial charge in [0.1, 0.15) is 16.3 Å². The van der Waals surface area contributed by atoms with Gasteiger partial charge in [-0.3, -0.25) is 14.9 Å². The summed E-state index contributed by atoms with van der Waals surface area (Å²) in [6.45, 7) is 1.39. The van der Waals surface area contributed by atoms with Gasteiger partial charge in [-0.25, -0.2) is 18.1 Å². The first kappa shape index (κ1) is 20.4. The number of methoxy groups -OCH3 is 1. The van der Waals surface area contributed by atoms with Gasteiger partial charge in [0.15, 0.2) is 10.9 Å². The Morgan fingerprint density at radius 3 is 2.57 bits per heavy atom. The molecule has 10 heteroatoms. The summed E-state index contributed by atoms with van der Waals surface area (Å²) in [5, 5.41) is 4.40. The van der Waals surface area contributed by atoms with Crippen molar-refractivity contribution in [3.8, 4) is 5.75 Å². The van der Waals surface area contributed by atoms with Crippen molar-refractivity contribution in [3.63, 3.8) is 0 Å². The number of ketones is 1. The van der Waals surface area contributed by atoms with E-state index >= 15 is 0 Å². The molecule has 8 nitrogen and oxygen atoms in total. The molecule has 1 aliphatic rings. The van der Waals surface area contributed by atoms with E-state index in [1.807, 2.05) is 0 Å². The van der Waals surface area contributed by atoms with E-state index in [-0.39, 0.29) is 38.9 Å². The summed E-state index contributed by atoms with van der Waals surface area (Å²) in [5.74, 6) is -0.563. The smallest absolute Gasteiger partial charge is 0.257 e. The summed E-state index contributed by atoms with van der Waals surface area (Å²) in [5.41, 5.74) is 0.409. The van der Waals surface area contributed by atoms with Gasteiger partial charge in [-0.05, 0) is 31.0 Å². The van der Waals surface area contributed by atoms with Crippen molar-refractivity contribution in [1.82, 2.24) is 9.71 Å². The van der Waals surface area contributed by atoms with Gasteiger partial charge in [0, 0.05) is 23.9 Å². The molecule has 1 amide bonds. The molecule has 1 aliphatic carbocycles. The van der Waals surface area contributed by atoms with Crippen LogP contribution in [0.1, 0.15) is 53.5 Å². The van der Waals surface area contributed by atoms with E-state index in [1.165, 1.54) is 32.2 Å². The highest BCUT2D eigenvalue weighted by Crippen LogP contribution is 2.28. The second kappa shape index (κ2) is 8.38. The summed E-state index contributed by atoms with van der Waals surface area (Å²) in [7, 11) is -2.46. The molecule has 28 heavy (non-hydrogen) atoms. The Balaban J connectivity index is 1.84. The van der Waals surface area contributed by atoms with Crippen molar-refractivity contribution in [2.75, 3.05) is 12.4 Å². The number of ether oxygens (including phenoxy) is 1. The highest BCUT2D eigenvalue weighted by molar-refractivity contribution is 7.89. The molecule has 1 saturated carbocycles. The third-order valence-electron chi connectivity index (χ3n) is 4.48. The molecule has 0 aliphatic heterocycles. The Bertz CT molecular complexity index is 994. The Morgan fingerprint density at radius 1 is 1.25 bits per heavy atom. The summed E-state index contributed by atoms with van der Waals surface area (Å²) in [6.07, 6.45) is 3.57. The quantitative estimate of drug-likeness (QED) is 0.662. The lowest BCUT2D eigenvalue weighted by atomic mass is 10.2. The van der Waals surface area contributed by atoms with Crippen LogP contribution in [0.4, 0.5) is 5.13 Å². The summed E-state index contributed by atoms with van der Waals surface area (Å²) in [6, 6.07) is 4.10. The molecule has 0 unspecified atom stereocenters. The Morgan fingerprint density at radius 2 is 1.96 bits per heavy atom. The number of aromatic nitrogens is 1. The molecule has 1 heterocycles. The first-order valence-electron chi connectivity index (χ1n) is 8.78. The third-order valence-corrected chi connectivity index (χ3v) is 6.78. The molecule has 0 radical (unpaired) electrons. The number of nitrogens with one attached hydrogen (secondary N) is 2. The number of hydrogen-bond acceptors (Lipinski definition) is 7. The van der Waals surface area contributed by atoms with Crippen LogP contribution in [0.3, 0.4) is 0 Å².